The van der Waals surface area contributed by atoms with Crippen LogP contribution in [0.15, 0.2) is 51.9 Å². The van der Waals surface area contributed by atoms with E-state index in [-0.39, 0.29) is 5.91 Å². The second-order valence-corrected chi connectivity index (χ2v) is 7.23. The van der Waals surface area contributed by atoms with Crippen LogP contribution in [0.4, 0.5) is 0 Å². The minimum absolute atomic E-state index is 0.223. The SMILES string of the molecule is O=C(CCn1cnc2cc(-c3noc(-c4ccco4)n3)ccc21)N1CCCCC1. The van der Waals surface area contributed by atoms with Crippen molar-refractivity contribution in [1.29, 1.82) is 0 Å². The number of hydrogen-bond acceptors (Lipinski definition) is 6. The van der Waals surface area contributed by atoms with Crippen molar-refractivity contribution in [2.75, 3.05) is 13.1 Å². The van der Waals surface area contributed by atoms with Crippen molar-refractivity contribution >= 4 is 16.9 Å². The standard InChI is InChI=1S/C21H21N5O3/c27-19(25-9-2-1-3-10-25)8-11-26-14-22-16-13-15(6-7-17(16)26)20-23-21(29-24-20)18-5-4-12-28-18/h4-7,12-14H,1-3,8-11H2. The Morgan fingerprint density at radius 2 is 2.03 bits per heavy atom. The molecule has 5 rings (SSSR count). The van der Waals surface area contributed by atoms with Crippen LogP contribution in [0.2, 0.25) is 0 Å². The van der Waals surface area contributed by atoms with Crippen molar-refractivity contribution in [1.82, 2.24) is 24.6 Å². The fraction of sp³-hybridized carbons (Fsp3) is 0.333. The Bertz CT molecular complexity index is 1120. The number of hydrogen-bond donors (Lipinski definition) is 0. The Kier molecular flexibility index (Phi) is 4.59. The number of amides is 1. The normalized spacial score (nSPS) is 14.6. The third-order valence-electron chi connectivity index (χ3n) is 5.31. The van der Waals surface area contributed by atoms with Crippen LogP contribution in [0.1, 0.15) is 25.7 Å². The third kappa shape index (κ3) is 3.53. The van der Waals surface area contributed by atoms with E-state index in [9.17, 15) is 4.79 Å². The van der Waals surface area contributed by atoms with Crippen molar-refractivity contribution in [2.45, 2.75) is 32.2 Å². The first kappa shape index (κ1) is 17.7. The Balaban J connectivity index is 1.31. The summed E-state index contributed by atoms with van der Waals surface area (Å²) in [6.45, 7) is 2.39. The van der Waals surface area contributed by atoms with Gasteiger partial charge in [0, 0.05) is 31.6 Å². The van der Waals surface area contributed by atoms with Gasteiger partial charge in [-0.1, -0.05) is 5.16 Å². The van der Waals surface area contributed by atoms with Crippen LogP contribution in [-0.2, 0) is 11.3 Å². The quantitative estimate of drug-likeness (QED) is 0.515. The summed E-state index contributed by atoms with van der Waals surface area (Å²) in [5.41, 5.74) is 2.63. The second kappa shape index (κ2) is 7.54. The molecular weight excluding hydrogens is 370 g/mol. The molecule has 4 aromatic rings. The van der Waals surface area contributed by atoms with Crippen molar-refractivity contribution < 1.29 is 13.7 Å². The molecule has 8 nitrogen and oxygen atoms in total. The van der Waals surface area contributed by atoms with Crippen molar-refractivity contribution in [3.8, 4) is 23.0 Å². The number of piperidine rings is 1. The summed E-state index contributed by atoms with van der Waals surface area (Å²) in [5, 5.41) is 4.04. The van der Waals surface area contributed by atoms with Crippen LogP contribution in [0, 0.1) is 0 Å². The summed E-state index contributed by atoms with van der Waals surface area (Å²) < 4.78 is 12.6. The lowest BCUT2D eigenvalue weighted by Gasteiger charge is -2.26. The lowest BCUT2D eigenvalue weighted by Crippen LogP contribution is -2.35. The van der Waals surface area contributed by atoms with Gasteiger partial charge in [-0.2, -0.15) is 4.98 Å². The summed E-state index contributed by atoms with van der Waals surface area (Å²) in [7, 11) is 0. The maximum atomic E-state index is 12.4. The molecule has 0 saturated carbocycles. The van der Waals surface area contributed by atoms with E-state index in [1.165, 1.54) is 6.42 Å². The Morgan fingerprint density at radius 1 is 1.14 bits per heavy atom. The molecule has 1 aliphatic heterocycles. The zero-order chi connectivity index (χ0) is 19.6. The van der Waals surface area contributed by atoms with E-state index in [4.69, 9.17) is 8.94 Å². The first-order valence-corrected chi connectivity index (χ1v) is 9.88. The highest BCUT2D eigenvalue weighted by molar-refractivity contribution is 5.81. The van der Waals surface area contributed by atoms with Gasteiger partial charge in [0.25, 0.3) is 5.89 Å². The summed E-state index contributed by atoms with van der Waals surface area (Å²) >= 11 is 0. The molecule has 1 amide bonds. The highest BCUT2D eigenvalue weighted by atomic mass is 16.5. The van der Waals surface area contributed by atoms with Crippen LogP contribution >= 0.6 is 0 Å². The van der Waals surface area contributed by atoms with Gasteiger partial charge in [0.15, 0.2) is 5.76 Å². The Hall–Kier alpha value is -3.42. The number of aromatic nitrogens is 4. The summed E-state index contributed by atoms with van der Waals surface area (Å²) in [6.07, 6.45) is 7.28. The first-order valence-electron chi connectivity index (χ1n) is 9.88. The van der Waals surface area contributed by atoms with Crippen molar-refractivity contribution in [3.63, 3.8) is 0 Å². The summed E-state index contributed by atoms with van der Waals surface area (Å²) in [5.74, 6) is 1.58. The highest BCUT2D eigenvalue weighted by Crippen LogP contribution is 2.25. The van der Waals surface area contributed by atoms with E-state index in [2.05, 4.69) is 15.1 Å². The Morgan fingerprint density at radius 3 is 2.86 bits per heavy atom. The van der Waals surface area contributed by atoms with E-state index >= 15 is 0 Å². The number of rotatable bonds is 5. The smallest absolute Gasteiger partial charge is 0.293 e. The number of nitrogens with zero attached hydrogens (tertiary/aromatic N) is 5. The largest absolute Gasteiger partial charge is 0.459 e. The number of furan rings is 1. The molecule has 148 valence electrons. The molecule has 3 aromatic heterocycles. The topological polar surface area (TPSA) is 90.2 Å². The van der Waals surface area contributed by atoms with E-state index in [1.807, 2.05) is 27.7 Å². The van der Waals surface area contributed by atoms with Crippen LogP contribution in [0.25, 0.3) is 34.1 Å². The maximum absolute atomic E-state index is 12.4. The minimum Gasteiger partial charge on any atom is -0.459 e. The predicted molar refractivity (Wildman–Crippen MR) is 106 cm³/mol. The third-order valence-corrected chi connectivity index (χ3v) is 5.31. The molecule has 8 heteroatoms. The van der Waals surface area contributed by atoms with Gasteiger partial charge in [-0.15, -0.1) is 0 Å². The number of aryl methyl sites for hydroxylation is 1. The van der Waals surface area contributed by atoms with Crippen LogP contribution in [-0.4, -0.2) is 43.6 Å². The second-order valence-electron chi connectivity index (χ2n) is 7.23. The molecule has 0 radical (unpaired) electrons. The first-order chi connectivity index (χ1) is 14.3. The molecule has 1 aromatic carbocycles. The van der Waals surface area contributed by atoms with E-state index in [1.54, 1.807) is 24.7 Å². The molecule has 0 atom stereocenters. The van der Waals surface area contributed by atoms with Crippen molar-refractivity contribution in [2.24, 2.45) is 0 Å². The van der Waals surface area contributed by atoms with Gasteiger partial charge in [-0.05, 0) is 49.6 Å². The van der Waals surface area contributed by atoms with Gasteiger partial charge in [0.1, 0.15) is 0 Å². The number of carbonyl (C=O) groups excluding carboxylic acids is 1. The number of benzene rings is 1. The van der Waals surface area contributed by atoms with E-state index < -0.39 is 0 Å². The molecule has 0 bridgehead atoms. The Labute approximate surface area is 167 Å². The van der Waals surface area contributed by atoms with Gasteiger partial charge >= 0.3 is 0 Å². The van der Waals surface area contributed by atoms with Crippen LogP contribution in [0.5, 0.6) is 0 Å². The number of carbonyl (C=O) groups is 1. The molecule has 29 heavy (non-hydrogen) atoms. The van der Waals surface area contributed by atoms with Gasteiger partial charge in [-0.3, -0.25) is 4.79 Å². The average molecular weight is 391 g/mol. The molecular formula is C21H21N5O3. The molecule has 0 aliphatic carbocycles. The van der Waals surface area contributed by atoms with Gasteiger partial charge < -0.3 is 18.4 Å². The lowest BCUT2D eigenvalue weighted by molar-refractivity contribution is -0.132. The van der Waals surface area contributed by atoms with Gasteiger partial charge in [-0.25, -0.2) is 4.98 Å². The molecule has 4 heterocycles. The van der Waals surface area contributed by atoms with Crippen LogP contribution < -0.4 is 0 Å². The van der Waals surface area contributed by atoms with Gasteiger partial charge in [0.2, 0.25) is 11.7 Å². The average Bonchev–Trinajstić information content (AvgIpc) is 3.52. The molecule has 1 aliphatic rings. The van der Waals surface area contributed by atoms with E-state index in [0.717, 1.165) is 42.5 Å². The van der Waals surface area contributed by atoms with Crippen LogP contribution in [0.3, 0.4) is 0 Å². The lowest BCUT2D eigenvalue weighted by atomic mass is 10.1. The molecule has 0 spiro atoms. The summed E-state index contributed by atoms with van der Waals surface area (Å²) in [6, 6.07) is 9.38. The monoisotopic (exact) mass is 391 g/mol. The molecule has 0 unspecified atom stereocenters. The van der Waals surface area contributed by atoms with Crippen molar-refractivity contribution in [3.05, 3.63) is 42.9 Å². The van der Waals surface area contributed by atoms with E-state index in [0.29, 0.717) is 30.4 Å². The fourth-order valence-corrected chi connectivity index (χ4v) is 3.74. The van der Waals surface area contributed by atoms with Gasteiger partial charge in [0.05, 0.1) is 23.6 Å². The highest BCUT2D eigenvalue weighted by Gasteiger charge is 2.17. The molecule has 0 N–H and O–H groups in total. The fourth-order valence-electron chi connectivity index (χ4n) is 3.74. The zero-order valence-electron chi connectivity index (χ0n) is 16.0. The molecule has 1 saturated heterocycles. The number of fused-ring (bicyclic) bond motifs is 1. The molecule has 1 fully saturated rings. The number of imidazole rings is 1. The summed E-state index contributed by atoms with van der Waals surface area (Å²) in [4.78, 5) is 23.3. The maximum Gasteiger partial charge on any atom is 0.293 e. The predicted octanol–water partition coefficient (Wildman–Crippen LogP) is 3.75. The zero-order valence-corrected chi connectivity index (χ0v) is 16.0. The minimum atomic E-state index is 0.223. The number of likely N-dealkylation sites (tertiary alicyclic amines) is 1.